The summed E-state index contributed by atoms with van der Waals surface area (Å²) in [5.41, 5.74) is 0.928. The highest BCUT2D eigenvalue weighted by molar-refractivity contribution is 6.14. The predicted octanol–water partition coefficient (Wildman–Crippen LogP) is 3.13. The third kappa shape index (κ3) is 4.81. The Morgan fingerprint density at radius 3 is 2.50 bits per heavy atom. The Balaban J connectivity index is 1.81. The lowest BCUT2D eigenvalue weighted by Crippen LogP contribution is -2.44. The lowest BCUT2D eigenvalue weighted by molar-refractivity contribution is -0.123. The normalized spacial score (nSPS) is 14.4. The van der Waals surface area contributed by atoms with E-state index in [-0.39, 0.29) is 6.54 Å². The van der Waals surface area contributed by atoms with Crippen molar-refractivity contribution in [2.45, 2.75) is 45.6 Å². The molecule has 0 radical (unpaired) electrons. The molecule has 1 aliphatic heterocycles. The van der Waals surface area contributed by atoms with Gasteiger partial charge in [-0.15, -0.1) is 0 Å². The molecule has 1 fully saturated rings. The van der Waals surface area contributed by atoms with Crippen molar-refractivity contribution in [3.8, 4) is 0 Å². The summed E-state index contributed by atoms with van der Waals surface area (Å²) < 4.78 is 0. The number of nitrogens with zero attached hydrogens (tertiary/aromatic N) is 2. The van der Waals surface area contributed by atoms with E-state index < -0.39 is 18.0 Å². The summed E-state index contributed by atoms with van der Waals surface area (Å²) in [5.74, 6) is -0.473. The van der Waals surface area contributed by atoms with E-state index in [2.05, 4.69) is 12.2 Å². The zero-order valence-corrected chi connectivity index (χ0v) is 14.2. The van der Waals surface area contributed by atoms with Crippen LogP contribution in [0.4, 0.5) is 9.59 Å². The largest absolute Gasteiger partial charge is 0.337 e. The standard InChI is InChI=1S/C18H25N3O3/c1-2-3-4-5-9-12-19-17(23)21-16(22)14-20(18(21)24)13-15-10-7-6-8-11-15/h6-8,10-11H,2-5,9,12-14H2,1H3,(H,19,23). The fourth-order valence-electron chi connectivity index (χ4n) is 2.68. The molecule has 1 aromatic carbocycles. The first-order chi connectivity index (χ1) is 11.6. The van der Waals surface area contributed by atoms with E-state index in [0.717, 1.165) is 29.7 Å². The summed E-state index contributed by atoms with van der Waals surface area (Å²) in [6.07, 6.45) is 5.39. The van der Waals surface area contributed by atoms with Crippen LogP contribution in [0.1, 0.15) is 44.6 Å². The van der Waals surface area contributed by atoms with Crippen LogP contribution in [0.3, 0.4) is 0 Å². The average molecular weight is 331 g/mol. The quantitative estimate of drug-likeness (QED) is 0.588. The van der Waals surface area contributed by atoms with Crippen molar-refractivity contribution in [3.63, 3.8) is 0 Å². The van der Waals surface area contributed by atoms with Crippen LogP contribution in [0.15, 0.2) is 30.3 Å². The van der Waals surface area contributed by atoms with Crippen molar-refractivity contribution in [3.05, 3.63) is 35.9 Å². The third-order valence-corrected chi connectivity index (χ3v) is 4.01. The Bertz CT molecular complexity index is 574. The minimum Gasteiger partial charge on any atom is -0.337 e. The van der Waals surface area contributed by atoms with Crippen LogP contribution in [-0.4, -0.2) is 40.9 Å². The molecule has 0 aromatic heterocycles. The van der Waals surface area contributed by atoms with Gasteiger partial charge < -0.3 is 10.2 Å². The molecule has 5 amide bonds. The number of hydrogen-bond acceptors (Lipinski definition) is 3. The monoisotopic (exact) mass is 331 g/mol. The molecule has 1 N–H and O–H groups in total. The second kappa shape index (κ2) is 9.05. The van der Waals surface area contributed by atoms with Crippen molar-refractivity contribution in [2.24, 2.45) is 0 Å². The Hall–Kier alpha value is -2.37. The molecule has 6 heteroatoms. The van der Waals surface area contributed by atoms with Gasteiger partial charge in [0.25, 0.3) is 5.91 Å². The van der Waals surface area contributed by atoms with Gasteiger partial charge in [-0.1, -0.05) is 62.9 Å². The summed E-state index contributed by atoms with van der Waals surface area (Å²) in [7, 11) is 0. The van der Waals surface area contributed by atoms with E-state index in [9.17, 15) is 14.4 Å². The lowest BCUT2D eigenvalue weighted by Gasteiger charge is -2.16. The second-order valence-electron chi connectivity index (χ2n) is 6.00. The highest BCUT2D eigenvalue weighted by Crippen LogP contribution is 2.14. The van der Waals surface area contributed by atoms with Crippen LogP contribution in [0, 0.1) is 0 Å². The number of carbonyl (C=O) groups is 3. The molecule has 0 unspecified atom stereocenters. The molecular formula is C18H25N3O3. The summed E-state index contributed by atoms with van der Waals surface area (Å²) in [6.45, 7) is 2.90. The molecule has 130 valence electrons. The predicted molar refractivity (Wildman–Crippen MR) is 91.3 cm³/mol. The van der Waals surface area contributed by atoms with Gasteiger partial charge in [0.2, 0.25) is 0 Å². The number of rotatable bonds is 8. The molecule has 0 saturated carbocycles. The molecule has 1 heterocycles. The summed E-state index contributed by atoms with van der Waals surface area (Å²) >= 11 is 0. The van der Waals surface area contributed by atoms with Crippen LogP contribution in [0.5, 0.6) is 0 Å². The van der Waals surface area contributed by atoms with Gasteiger partial charge in [-0.25, -0.2) is 9.59 Å². The van der Waals surface area contributed by atoms with Crippen LogP contribution in [0.25, 0.3) is 0 Å². The van der Waals surface area contributed by atoms with Crippen LogP contribution >= 0.6 is 0 Å². The van der Waals surface area contributed by atoms with Gasteiger partial charge in [0.05, 0.1) is 0 Å². The molecule has 24 heavy (non-hydrogen) atoms. The fourth-order valence-corrected chi connectivity index (χ4v) is 2.68. The Morgan fingerprint density at radius 1 is 1.08 bits per heavy atom. The van der Waals surface area contributed by atoms with Gasteiger partial charge in [-0.05, 0) is 12.0 Å². The van der Waals surface area contributed by atoms with E-state index in [1.54, 1.807) is 0 Å². The molecule has 1 aliphatic rings. The maximum absolute atomic E-state index is 12.3. The number of amides is 5. The molecule has 1 saturated heterocycles. The number of urea groups is 2. The van der Waals surface area contributed by atoms with Gasteiger partial charge in [-0.3, -0.25) is 4.79 Å². The van der Waals surface area contributed by atoms with E-state index in [0.29, 0.717) is 13.1 Å². The number of benzene rings is 1. The van der Waals surface area contributed by atoms with Crippen molar-refractivity contribution in [2.75, 3.05) is 13.1 Å². The van der Waals surface area contributed by atoms with E-state index in [4.69, 9.17) is 0 Å². The van der Waals surface area contributed by atoms with Crippen molar-refractivity contribution >= 4 is 18.0 Å². The van der Waals surface area contributed by atoms with E-state index >= 15 is 0 Å². The first-order valence-corrected chi connectivity index (χ1v) is 8.57. The minimum atomic E-state index is -0.615. The summed E-state index contributed by atoms with van der Waals surface area (Å²) in [5, 5.41) is 2.67. The number of carbonyl (C=O) groups excluding carboxylic acids is 3. The molecule has 1 aromatic rings. The van der Waals surface area contributed by atoms with Crippen molar-refractivity contribution < 1.29 is 14.4 Å². The highest BCUT2D eigenvalue weighted by Gasteiger charge is 2.40. The van der Waals surface area contributed by atoms with Crippen molar-refractivity contribution in [1.82, 2.24) is 15.1 Å². The van der Waals surface area contributed by atoms with Crippen LogP contribution in [0.2, 0.25) is 0 Å². The van der Waals surface area contributed by atoms with Crippen LogP contribution in [-0.2, 0) is 11.3 Å². The van der Waals surface area contributed by atoms with Crippen LogP contribution < -0.4 is 5.32 Å². The number of hydrogen-bond donors (Lipinski definition) is 1. The second-order valence-corrected chi connectivity index (χ2v) is 6.00. The Labute approximate surface area is 142 Å². The molecule has 6 nitrogen and oxygen atoms in total. The molecule has 0 atom stereocenters. The molecule has 0 aliphatic carbocycles. The molecule has 0 bridgehead atoms. The van der Waals surface area contributed by atoms with Gasteiger partial charge in [0.1, 0.15) is 6.54 Å². The molecular weight excluding hydrogens is 306 g/mol. The smallest absolute Gasteiger partial charge is 0.335 e. The zero-order valence-electron chi connectivity index (χ0n) is 14.2. The fraction of sp³-hybridized carbons (Fsp3) is 0.500. The third-order valence-electron chi connectivity index (χ3n) is 4.01. The van der Waals surface area contributed by atoms with Gasteiger partial charge in [0, 0.05) is 13.1 Å². The molecule has 0 spiro atoms. The van der Waals surface area contributed by atoms with E-state index in [1.165, 1.54) is 17.7 Å². The Morgan fingerprint density at radius 2 is 1.79 bits per heavy atom. The van der Waals surface area contributed by atoms with Gasteiger partial charge in [-0.2, -0.15) is 4.90 Å². The van der Waals surface area contributed by atoms with Gasteiger partial charge in [0.15, 0.2) is 0 Å². The maximum Gasteiger partial charge on any atom is 0.335 e. The highest BCUT2D eigenvalue weighted by atomic mass is 16.2. The topological polar surface area (TPSA) is 69.7 Å². The number of nitrogens with one attached hydrogen (secondary N) is 1. The zero-order chi connectivity index (χ0) is 17.4. The maximum atomic E-state index is 12.3. The van der Waals surface area contributed by atoms with Crippen molar-refractivity contribution in [1.29, 1.82) is 0 Å². The summed E-state index contributed by atoms with van der Waals surface area (Å²) in [6, 6.07) is 8.25. The van der Waals surface area contributed by atoms with Gasteiger partial charge >= 0.3 is 12.1 Å². The average Bonchev–Trinajstić information content (AvgIpc) is 2.85. The minimum absolute atomic E-state index is 0.0579. The molecule has 2 rings (SSSR count). The number of unbranched alkanes of at least 4 members (excludes halogenated alkanes) is 4. The lowest BCUT2D eigenvalue weighted by atomic mass is 10.1. The van der Waals surface area contributed by atoms with E-state index in [1.807, 2.05) is 30.3 Å². The first kappa shape index (κ1) is 18.0. The summed E-state index contributed by atoms with van der Waals surface area (Å²) in [4.78, 5) is 38.5. The first-order valence-electron chi connectivity index (χ1n) is 8.57. The Kier molecular flexibility index (Phi) is 6.78. The SMILES string of the molecule is CCCCCCCNC(=O)N1C(=O)CN(Cc2ccccc2)C1=O. The number of imide groups is 3.